The van der Waals surface area contributed by atoms with E-state index < -0.39 is 18.1 Å². The average molecular weight is 205 g/mol. The number of ether oxygens (including phenoxy) is 1. The number of aliphatic carboxylic acids is 1. The van der Waals surface area contributed by atoms with Crippen LogP contribution >= 0.6 is 0 Å². The van der Waals surface area contributed by atoms with E-state index >= 15 is 0 Å². The minimum absolute atomic E-state index is 0.639. The fraction of sp³-hybridized carbons (Fsp3) is 0.500. The van der Waals surface area contributed by atoms with Crippen LogP contribution in [0.2, 0.25) is 0 Å². The van der Waals surface area contributed by atoms with Crippen LogP contribution in [0.3, 0.4) is 0 Å². The van der Waals surface area contributed by atoms with Crippen LogP contribution in [0, 0.1) is 0 Å². The molecule has 0 bridgehead atoms. The van der Waals surface area contributed by atoms with Crippen molar-refractivity contribution in [1.82, 2.24) is 4.90 Å². The lowest BCUT2D eigenvalue weighted by atomic mass is 10.4. The van der Waals surface area contributed by atoms with Gasteiger partial charge in [0.05, 0.1) is 0 Å². The van der Waals surface area contributed by atoms with E-state index in [1.165, 1.54) is 7.05 Å². The third kappa shape index (κ3) is 6.15. The Balaban J connectivity index is 0. The molecule has 0 aliphatic rings. The number of aliphatic hydroxyl groups excluding tert-OH is 1. The standard InChI is InChI=1S/C6H9NO4.C2H6O/c1-3-4(8)7(2)5(9)6(10)11;1-3-2/h3,5,9H,1H2,2H3,(H,10,11);1-2H3. The van der Waals surface area contributed by atoms with Crippen LogP contribution in [0.25, 0.3) is 0 Å². The van der Waals surface area contributed by atoms with E-state index in [1.54, 1.807) is 14.2 Å². The molecule has 0 heterocycles. The molecule has 1 unspecified atom stereocenters. The summed E-state index contributed by atoms with van der Waals surface area (Å²) in [5.74, 6) is -2.11. The van der Waals surface area contributed by atoms with Gasteiger partial charge in [0.15, 0.2) is 0 Å². The van der Waals surface area contributed by atoms with Gasteiger partial charge in [0.1, 0.15) is 0 Å². The van der Waals surface area contributed by atoms with Gasteiger partial charge in [-0.25, -0.2) is 4.79 Å². The lowest BCUT2D eigenvalue weighted by molar-refractivity contribution is -0.161. The highest BCUT2D eigenvalue weighted by molar-refractivity contribution is 5.89. The molecule has 82 valence electrons. The molecule has 0 saturated carbocycles. The highest BCUT2D eigenvalue weighted by Gasteiger charge is 2.21. The van der Waals surface area contributed by atoms with Gasteiger partial charge in [-0.05, 0) is 6.08 Å². The molecule has 0 aromatic carbocycles. The Hall–Kier alpha value is -1.40. The molecule has 0 aromatic heterocycles. The average Bonchev–Trinajstić information content (AvgIpc) is 2.15. The zero-order valence-corrected chi connectivity index (χ0v) is 8.43. The van der Waals surface area contributed by atoms with Gasteiger partial charge in [-0.15, -0.1) is 0 Å². The van der Waals surface area contributed by atoms with Crippen LogP contribution in [0.4, 0.5) is 0 Å². The number of hydrogen-bond donors (Lipinski definition) is 2. The van der Waals surface area contributed by atoms with Crippen molar-refractivity contribution >= 4 is 11.9 Å². The van der Waals surface area contributed by atoms with Gasteiger partial charge in [-0.3, -0.25) is 4.79 Å². The summed E-state index contributed by atoms with van der Waals surface area (Å²) < 4.78 is 4.25. The Morgan fingerprint density at radius 3 is 2.07 bits per heavy atom. The molecule has 6 heteroatoms. The largest absolute Gasteiger partial charge is 0.478 e. The van der Waals surface area contributed by atoms with Crippen molar-refractivity contribution in [3.8, 4) is 0 Å². The first-order valence-electron chi connectivity index (χ1n) is 3.62. The number of carbonyl (C=O) groups is 2. The molecule has 0 radical (unpaired) electrons. The van der Waals surface area contributed by atoms with E-state index in [0.29, 0.717) is 4.90 Å². The molecule has 0 spiro atoms. The van der Waals surface area contributed by atoms with Crippen molar-refractivity contribution in [3.05, 3.63) is 12.7 Å². The second-order valence-corrected chi connectivity index (χ2v) is 2.27. The first-order valence-corrected chi connectivity index (χ1v) is 3.62. The topological polar surface area (TPSA) is 87.1 Å². The number of amides is 1. The molecule has 14 heavy (non-hydrogen) atoms. The maximum Gasteiger partial charge on any atom is 0.354 e. The van der Waals surface area contributed by atoms with Gasteiger partial charge in [0.25, 0.3) is 0 Å². The van der Waals surface area contributed by atoms with Crippen molar-refractivity contribution in [2.75, 3.05) is 21.3 Å². The summed E-state index contributed by atoms with van der Waals surface area (Å²) >= 11 is 0. The fourth-order valence-corrected chi connectivity index (χ4v) is 0.430. The van der Waals surface area contributed by atoms with E-state index in [2.05, 4.69) is 11.3 Å². The molecule has 0 aliphatic heterocycles. The van der Waals surface area contributed by atoms with Crippen molar-refractivity contribution in [2.45, 2.75) is 6.23 Å². The van der Waals surface area contributed by atoms with Crippen molar-refractivity contribution in [1.29, 1.82) is 0 Å². The summed E-state index contributed by atoms with van der Waals surface area (Å²) in [7, 11) is 4.42. The maximum absolute atomic E-state index is 10.6. The Morgan fingerprint density at radius 2 is 1.86 bits per heavy atom. The van der Waals surface area contributed by atoms with Crippen LogP contribution < -0.4 is 0 Å². The van der Waals surface area contributed by atoms with E-state index in [0.717, 1.165) is 6.08 Å². The van der Waals surface area contributed by atoms with Crippen LogP contribution in [0.15, 0.2) is 12.7 Å². The number of methoxy groups -OCH3 is 1. The second kappa shape index (κ2) is 8.21. The van der Waals surface area contributed by atoms with Crippen molar-refractivity contribution in [2.24, 2.45) is 0 Å². The molecule has 6 nitrogen and oxygen atoms in total. The van der Waals surface area contributed by atoms with E-state index in [4.69, 9.17) is 10.2 Å². The quantitative estimate of drug-likeness (QED) is 0.469. The zero-order chi connectivity index (χ0) is 11.7. The summed E-state index contributed by atoms with van der Waals surface area (Å²) in [4.78, 5) is 21.4. The molecule has 0 aromatic rings. The Kier molecular flexibility index (Phi) is 8.85. The first kappa shape index (κ1) is 15.1. The molecular formula is C8H15NO5. The normalized spacial score (nSPS) is 10.6. The highest BCUT2D eigenvalue weighted by Crippen LogP contribution is 1.93. The van der Waals surface area contributed by atoms with E-state index in [9.17, 15) is 9.59 Å². The van der Waals surface area contributed by atoms with Gasteiger partial charge in [-0.2, -0.15) is 0 Å². The van der Waals surface area contributed by atoms with Crippen LogP contribution in [0.1, 0.15) is 0 Å². The van der Waals surface area contributed by atoms with Gasteiger partial charge < -0.3 is 19.8 Å². The lowest BCUT2D eigenvalue weighted by Crippen LogP contribution is -2.41. The monoisotopic (exact) mass is 205 g/mol. The predicted octanol–water partition coefficient (Wildman–Crippen LogP) is -0.704. The van der Waals surface area contributed by atoms with Gasteiger partial charge in [0.2, 0.25) is 12.1 Å². The van der Waals surface area contributed by atoms with E-state index in [1.807, 2.05) is 0 Å². The van der Waals surface area contributed by atoms with Crippen LogP contribution in [-0.2, 0) is 14.3 Å². The molecule has 0 saturated heterocycles. The van der Waals surface area contributed by atoms with Crippen LogP contribution in [0.5, 0.6) is 0 Å². The highest BCUT2D eigenvalue weighted by atomic mass is 16.4. The SMILES string of the molecule is C=CC(=O)N(C)C(O)C(=O)O.COC. The third-order valence-electron chi connectivity index (χ3n) is 1.11. The van der Waals surface area contributed by atoms with E-state index in [-0.39, 0.29) is 0 Å². The smallest absolute Gasteiger partial charge is 0.354 e. The first-order chi connectivity index (χ1) is 6.42. The summed E-state index contributed by atoms with van der Waals surface area (Å²) in [5.41, 5.74) is 0. The molecule has 1 atom stereocenters. The number of rotatable bonds is 3. The number of aliphatic hydroxyl groups is 1. The van der Waals surface area contributed by atoms with Crippen LogP contribution in [-0.4, -0.2) is 54.5 Å². The summed E-state index contributed by atoms with van der Waals surface area (Å²) in [6.45, 7) is 3.13. The zero-order valence-electron chi connectivity index (χ0n) is 8.43. The molecular weight excluding hydrogens is 190 g/mol. The second-order valence-electron chi connectivity index (χ2n) is 2.27. The molecule has 0 aliphatic carbocycles. The van der Waals surface area contributed by atoms with Crippen molar-refractivity contribution in [3.63, 3.8) is 0 Å². The Labute approximate surface area is 82.4 Å². The molecule has 2 N–H and O–H groups in total. The Morgan fingerprint density at radius 1 is 1.50 bits per heavy atom. The number of carboxylic acid groups (broad SMARTS) is 1. The number of likely N-dealkylation sites (N-methyl/N-ethyl adjacent to an activating group) is 1. The number of nitrogens with zero attached hydrogens (tertiary/aromatic N) is 1. The number of carbonyl (C=O) groups excluding carboxylic acids is 1. The van der Waals surface area contributed by atoms with Crippen molar-refractivity contribution < 1.29 is 24.5 Å². The maximum atomic E-state index is 10.6. The van der Waals surface area contributed by atoms with Gasteiger partial charge in [-0.1, -0.05) is 6.58 Å². The lowest BCUT2D eigenvalue weighted by Gasteiger charge is -2.17. The fourth-order valence-electron chi connectivity index (χ4n) is 0.430. The number of hydrogen-bond acceptors (Lipinski definition) is 4. The molecule has 1 amide bonds. The minimum Gasteiger partial charge on any atom is -0.478 e. The minimum atomic E-state index is -1.81. The Bertz CT molecular complexity index is 204. The third-order valence-corrected chi connectivity index (χ3v) is 1.11. The molecule has 0 fully saturated rings. The van der Waals surface area contributed by atoms with Gasteiger partial charge >= 0.3 is 5.97 Å². The summed E-state index contributed by atoms with van der Waals surface area (Å²) in [6, 6.07) is 0. The number of carboxylic acids is 1. The predicted molar refractivity (Wildman–Crippen MR) is 49.5 cm³/mol. The van der Waals surface area contributed by atoms with Gasteiger partial charge in [0, 0.05) is 21.3 Å². The molecule has 0 rings (SSSR count). The summed E-state index contributed by atoms with van der Waals surface area (Å²) in [5, 5.41) is 17.0. The summed E-state index contributed by atoms with van der Waals surface area (Å²) in [6.07, 6.45) is -0.882.